The van der Waals surface area contributed by atoms with Crippen LogP contribution in [0.3, 0.4) is 0 Å². The van der Waals surface area contributed by atoms with E-state index in [1.54, 1.807) is 0 Å². The summed E-state index contributed by atoms with van der Waals surface area (Å²) in [5.41, 5.74) is 23.0. The van der Waals surface area contributed by atoms with Gasteiger partial charge in [-0.05, 0) is 0 Å². The average molecular weight is 1100 g/mol. The first kappa shape index (κ1) is 143. The fraction of sp³-hybridized carbons (Fsp3) is 0.129. The third-order valence-corrected chi connectivity index (χ3v) is 6.30. The molecule has 0 bridgehead atoms. The Morgan fingerprint density at radius 1 is 0.316 bits per heavy atom. The predicted molar refractivity (Wildman–Crippen MR) is 177 cm³/mol. The molecule has 0 aliphatic heterocycles. The van der Waals surface area contributed by atoms with E-state index in [1.807, 2.05) is 0 Å². The fourth-order valence-electron chi connectivity index (χ4n) is 1.50. The molecular weight excluding hydrogens is 1080 g/mol. The van der Waals surface area contributed by atoms with E-state index in [0.29, 0.717) is 0 Å². The van der Waals surface area contributed by atoms with Crippen molar-refractivity contribution >= 4 is 52.2 Å². The molecule has 0 aliphatic carbocycles. The first-order valence-corrected chi connectivity index (χ1v) is 12.7. The van der Waals surface area contributed by atoms with Gasteiger partial charge in [-0.3, -0.25) is 0 Å². The van der Waals surface area contributed by atoms with Gasteiger partial charge < -0.3 is 209 Å². The number of hydrogen-bond donors (Lipinski definition) is 0. The van der Waals surface area contributed by atoms with Crippen molar-refractivity contribution in [1.82, 2.24) is 0 Å². The summed E-state index contributed by atoms with van der Waals surface area (Å²) < 4.78 is 2.95. The molecule has 0 unspecified atom stereocenters. The van der Waals surface area contributed by atoms with Gasteiger partial charge in [0.05, 0.1) is 0 Å². The van der Waals surface area contributed by atoms with Crippen LogP contribution < -0.4 is 7.16 Å². The predicted octanol–water partition coefficient (Wildman–Crippen LogP) is 4.60. The summed E-state index contributed by atoms with van der Waals surface area (Å²) in [5.74, 6) is 0. The monoisotopic (exact) mass is 1100 g/mol. The van der Waals surface area contributed by atoms with Crippen LogP contribution in [0.15, 0.2) is 36.4 Å². The van der Waals surface area contributed by atoms with Crippen molar-refractivity contribution in [3.05, 3.63) is 189 Å². The van der Waals surface area contributed by atoms with E-state index < -0.39 is 0 Å². The van der Waals surface area contributed by atoms with Crippen LogP contribution in [0.25, 0.3) is 16.8 Å². The smallest absolute Gasteiger partial charge is 0.577 e. The molecule has 26 heteroatoms. The van der Waals surface area contributed by atoms with E-state index >= 15 is 0 Å². The molecule has 0 atom stereocenters. The molecule has 2 rings (SSSR count). The molecule has 0 aromatic heterocycles. The van der Waals surface area contributed by atoms with E-state index in [4.69, 9.17) is 209 Å². The van der Waals surface area contributed by atoms with Gasteiger partial charge in [-0.2, -0.15) is 0 Å². The molecule has 0 heterocycles. The van der Waals surface area contributed by atoms with Crippen molar-refractivity contribution < 1.29 is 51.2 Å². The Bertz CT molecular complexity index is 1000. The Hall–Kier alpha value is -7.25. The molecule has 282 valence electrons. The second kappa shape index (κ2) is 396. The van der Waals surface area contributed by atoms with Gasteiger partial charge >= 0.3 is 190 Å². The molecule has 0 fully saturated rings. The molecule has 6 radical (unpaired) electrons. The first-order chi connectivity index (χ1) is 26.4. The zero-order valence-electron chi connectivity index (χ0n) is 29.3. The normalized spacial score (nSPS) is 3.79. The molecule has 2 aromatic rings. The van der Waals surface area contributed by atoms with E-state index in [1.165, 1.54) is 74.5 Å². The Balaban J connectivity index is -0.0000000133. The van der Waals surface area contributed by atoms with E-state index in [9.17, 15) is 0 Å². The van der Waals surface area contributed by atoms with E-state index in [-0.39, 0.29) is 51.2 Å². The minimum absolute atomic E-state index is 0. The standard InChI is InChI=1S/2C8H9.15CN.3Fe.3NO.2Sn/c2*1-7-5-3-4-6-8(7)2;15*1-2;;;;3*1-2;;/h2*3-5H,1-2H3;;;;;;;;;;;;;;;;;;;;;;;/q;;15*-1;3*+6;3*-1;;. The molecular formula is C31H18Fe3N18O3Sn2. The van der Waals surface area contributed by atoms with Crippen LogP contribution >= 0.6 is 0 Å². The van der Waals surface area contributed by atoms with Crippen LogP contribution in [0.5, 0.6) is 0 Å². The minimum Gasteiger partial charge on any atom is -0.577 e. The van der Waals surface area contributed by atoms with Gasteiger partial charge in [-0.15, -0.1) is 0 Å². The maximum Gasteiger partial charge on any atom is 6.00 e. The van der Waals surface area contributed by atoms with Crippen LogP contribution in [-0.4, -0.2) is 45.0 Å². The summed E-state index contributed by atoms with van der Waals surface area (Å²) in [6, 6.07) is 12.9. The number of benzene rings is 2. The van der Waals surface area contributed by atoms with Crippen LogP contribution in [0.4, 0.5) is 0 Å². The average Bonchev–Trinajstić information content (AvgIpc) is 3.34. The van der Waals surface area contributed by atoms with Crippen molar-refractivity contribution in [2.45, 2.75) is 27.7 Å². The van der Waals surface area contributed by atoms with Crippen molar-refractivity contribution in [2.75, 3.05) is 0 Å². The molecule has 21 nitrogen and oxygen atoms in total. The van der Waals surface area contributed by atoms with E-state index in [0.717, 1.165) is 0 Å². The molecule has 0 spiro atoms. The van der Waals surface area contributed by atoms with Gasteiger partial charge in [0, 0.05) is 0 Å². The summed E-state index contributed by atoms with van der Waals surface area (Å²) in [6.07, 6.45) is 0. The zero-order valence-corrected chi connectivity index (χ0v) is 38.3. The molecule has 0 N–H and O–H groups in total. The van der Waals surface area contributed by atoms with Gasteiger partial charge in [0.2, 0.25) is 0 Å². The maximum absolute atomic E-state index is 7.25. The van der Waals surface area contributed by atoms with Gasteiger partial charge in [-0.25, -0.2) is 0 Å². The number of nitroso groups, excluding NO2 is 3. The quantitative estimate of drug-likeness (QED) is 0.257. The van der Waals surface area contributed by atoms with Gasteiger partial charge in [-0.1, -0.05) is 0 Å². The third kappa shape index (κ3) is 247. The summed E-state index contributed by atoms with van der Waals surface area (Å²) in [5, 5.41) is 93.8. The van der Waals surface area contributed by atoms with Crippen LogP contribution in [0, 0.1) is 220 Å². The zero-order chi connectivity index (χ0) is 49.7. The van der Waals surface area contributed by atoms with Gasteiger partial charge in [0.15, 0.2) is 0 Å². The Labute approximate surface area is 395 Å². The van der Waals surface area contributed by atoms with Gasteiger partial charge in [0.1, 0.15) is 0 Å². The largest absolute Gasteiger partial charge is 6.00 e. The van der Waals surface area contributed by atoms with E-state index in [2.05, 4.69) is 64.1 Å². The number of aryl methyl sites for hydroxylation is 2. The fourth-order valence-corrected chi connectivity index (χ4v) is 3.18. The third-order valence-electron chi connectivity index (χ3n) is 3.21. The first-order valence-electron chi connectivity index (χ1n) is 9.89. The van der Waals surface area contributed by atoms with Crippen LogP contribution in [0.2, 0.25) is 0 Å². The summed E-state index contributed by atoms with van der Waals surface area (Å²) in [4.78, 5) is 21.8. The Morgan fingerprint density at radius 3 is 0.491 bits per heavy atom. The minimum atomic E-state index is 0. The maximum atomic E-state index is 7.25. The Morgan fingerprint density at radius 2 is 0.421 bits per heavy atom. The number of rotatable bonds is 0. The SMILES string of the molecule is Cc1ccc[c]([Sn])c1C.Cc1ccc[c]([Sn])c1C.[C-]#N.[C-]#N.[C-]#N.[C-]#N.[C-]#N.[C-]#N.[C-]#N.[C-]#N.[C-]#N.[C-]#N.[C-]#N.[C-]#N.[C-]#N.[C-]#N.[C-]#N.[Fe+6].[Fe+6].[Fe+6].[N-]=O.[N-]=O.[N-]=O. The topological polar surface area (TPSA) is 475 Å². The van der Waals surface area contributed by atoms with Gasteiger partial charge in [0.25, 0.3) is 0 Å². The molecule has 0 saturated heterocycles. The Kier molecular flexibility index (Phi) is 994. The number of nitrogens with zero attached hydrogens (tertiary/aromatic N) is 18. The second-order valence-corrected chi connectivity index (χ2v) is 7.57. The van der Waals surface area contributed by atoms with Crippen LogP contribution in [0.1, 0.15) is 22.3 Å². The molecule has 0 amide bonds. The summed E-state index contributed by atoms with van der Waals surface area (Å²) in [6.45, 7) is 79.9. The summed E-state index contributed by atoms with van der Waals surface area (Å²) in [7, 11) is 0. The molecule has 2 aromatic carbocycles. The van der Waals surface area contributed by atoms with Crippen molar-refractivity contribution in [3.63, 3.8) is 0 Å². The molecule has 57 heavy (non-hydrogen) atoms. The number of hydrogen-bond acceptors (Lipinski definition) is 18. The van der Waals surface area contributed by atoms with Crippen molar-refractivity contribution in [3.8, 4) is 0 Å². The van der Waals surface area contributed by atoms with Crippen molar-refractivity contribution in [2.24, 2.45) is 0 Å². The molecule has 0 aliphatic rings. The molecule has 0 saturated carbocycles. The second-order valence-electron chi connectivity index (χ2n) is 4.49. The van der Waals surface area contributed by atoms with Crippen LogP contribution in [-0.2, 0) is 51.2 Å². The summed E-state index contributed by atoms with van der Waals surface area (Å²) >= 11 is 3.03. The van der Waals surface area contributed by atoms with Crippen molar-refractivity contribution in [1.29, 1.82) is 78.9 Å².